The molecule has 0 unspecified atom stereocenters. The van der Waals surface area contributed by atoms with Crippen molar-refractivity contribution in [1.82, 2.24) is 0 Å². The van der Waals surface area contributed by atoms with Crippen molar-refractivity contribution in [3.63, 3.8) is 0 Å². The quantitative estimate of drug-likeness (QED) is 0.314. The number of nitrogens with one attached hydrogen (secondary N) is 1. The summed E-state index contributed by atoms with van der Waals surface area (Å²) in [7, 11) is 0. The van der Waals surface area contributed by atoms with Crippen LogP contribution >= 0.6 is 31.9 Å². The van der Waals surface area contributed by atoms with Crippen molar-refractivity contribution in [2.45, 2.75) is 13.8 Å². The molecule has 0 aliphatic rings. The fourth-order valence-corrected chi connectivity index (χ4v) is 3.80. The van der Waals surface area contributed by atoms with Crippen LogP contribution in [0.2, 0.25) is 0 Å². The number of benzene rings is 2. The Bertz CT molecular complexity index is 973. The first-order valence-corrected chi connectivity index (χ1v) is 10.2. The minimum absolute atomic E-state index is 0.0488. The second-order valence-electron chi connectivity index (χ2n) is 5.85. The van der Waals surface area contributed by atoms with Gasteiger partial charge >= 0.3 is 5.97 Å². The number of halogens is 2. The molecule has 0 aromatic heterocycles. The molecule has 1 amide bonds. The lowest BCUT2D eigenvalue weighted by Gasteiger charge is -2.11. The predicted molar refractivity (Wildman–Crippen MR) is 117 cm³/mol. The molecule has 2 rings (SSSR count). The molecule has 6 nitrogen and oxygen atoms in total. The highest BCUT2D eigenvalue weighted by atomic mass is 79.9. The van der Waals surface area contributed by atoms with E-state index in [1.807, 2.05) is 31.2 Å². The molecule has 0 fully saturated rings. The topological polar surface area (TPSA) is 88.4 Å². The summed E-state index contributed by atoms with van der Waals surface area (Å²) < 4.78 is 11.4. The van der Waals surface area contributed by atoms with E-state index in [9.17, 15) is 14.9 Å². The molecular formula is C21H18Br2N2O4. The molecule has 29 heavy (non-hydrogen) atoms. The summed E-state index contributed by atoms with van der Waals surface area (Å²) in [6.07, 6.45) is 1.47. The van der Waals surface area contributed by atoms with Crippen LogP contribution in [0.5, 0.6) is 5.75 Å². The average Bonchev–Trinajstić information content (AvgIpc) is 2.67. The fraction of sp³-hybridized carbons (Fsp3) is 0.190. The zero-order chi connectivity index (χ0) is 21.4. The molecular weight excluding hydrogens is 504 g/mol. The van der Waals surface area contributed by atoms with E-state index in [1.165, 1.54) is 6.08 Å². The highest BCUT2D eigenvalue weighted by Crippen LogP contribution is 2.35. The Balaban J connectivity index is 2.21. The van der Waals surface area contributed by atoms with Crippen LogP contribution in [-0.2, 0) is 14.3 Å². The van der Waals surface area contributed by atoms with Crippen molar-refractivity contribution >= 4 is 55.5 Å². The Labute approximate surface area is 185 Å². The number of hydrogen-bond acceptors (Lipinski definition) is 5. The summed E-state index contributed by atoms with van der Waals surface area (Å²) in [4.78, 5) is 23.9. The number of nitriles is 1. The molecule has 0 saturated carbocycles. The second-order valence-corrected chi connectivity index (χ2v) is 7.55. The van der Waals surface area contributed by atoms with Crippen LogP contribution < -0.4 is 10.1 Å². The van der Waals surface area contributed by atoms with Crippen molar-refractivity contribution in [3.05, 3.63) is 62.0 Å². The largest absolute Gasteiger partial charge is 0.480 e. The number of anilines is 1. The molecule has 2 aromatic carbocycles. The maximum Gasteiger partial charge on any atom is 0.344 e. The number of ether oxygens (including phenoxy) is 2. The van der Waals surface area contributed by atoms with E-state index in [-0.39, 0.29) is 18.8 Å². The lowest BCUT2D eigenvalue weighted by Crippen LogP contribution is -2.15. The molecule has 0 atom stereocenters. The summed E-state index contributed by atoms with van der Waals surface area (Å²) in [6.45, 7) is 3.62. The number of aryl methyl sites for hydroxylation is 1. The van der Waals surface area contributed by atoms with Gasteiger partial charge in [0.1, 0.15) is 17.4 Å². The van der Waals surface area contributed by atoms with Crippen LogP contribution in [0.1, 0.15) is 18.1 Å². The molecule has 0 heterocycles. The van der Waals surface area contributed by atoms with Gasteiger partial charge in [0.25, 0.3) is 5.91 Å². The van der Waals surface area contributed by atoms with Gasteiger partial charge in [0.15, 0.2) is 6.61 Å². The van der Waals surface area contributed by atoms with E-state index in [0.29, 0.717) is 25.9 Å². The van der Waals surface area contributed by atoms with Crippen LogP contribution in [0.15, 0.2) is 50.9 Å². The van der Waals surface area contributed by atoms with Crippen LogP contribution in [-0.4, -0.2) is 25.1 Å². The Morgan fingerprint density at radius 2 is 1.86 bits per heavy atom. The fourth-order valence-electron chi connectivity index (χ4n) is 2.35. The summed E-state index contributed by atoms with van der Waals surface area (Å²) in [5, 5.41) is 12.2. The lowest BCUT2D eigenvalue weighted by molar-refractivity contribution is -0.145. The number of hydrogen-bond donors (Lipinski definition) is 1. The van der Waals surface area contributed by atoms with Crippen molar-refractivity contribution in [3.8, 4) is 11.8 Å². The normalized spacial score (nSPS) is 10.8. The Kier molecular flexibility index (Phi) is 8.43. The Morgan fingerprint density at radius 1 is 1.21 bits per heavy atom. The van der Waals surface area contributed by atoms with E-state index in [4.69, 9.17) is 9.47 Å². The third-order valence-corrected chi connectivity index (χ3v) is 4.91. The van der Waals surface area contributed by atoms with Gasteiger partial charge in [0.05, 0.1) is 15.6 Å². The Morgan fingerprint density at radius 3 is 2.45 bits per heavy atom. The van der Waals surface area contributed by atoms with Gasteiger partial charge in [-0.3, -0.25) is 4.79 Å². The van der Waals surface area contributed by atoms with E-state index in [0.717, 1.165) is 5.56 Å². The van der Waals surface area contributed by atoms with Gasteiger partial charge in [0.2, 0.25) is 0 Å². The van der Waals surface area contributed by atoms with Crippen molar-refractivity contribution in [2.24, 2.45) is 0 Å². The first-order valence-electron chi connectivity index (χ1n) is 8.62. The van der Waals surface area contributed by atoms with Crippen LogP contribution in [0.4, 0.5) is 5.69 Å². The SMILES string of the molecule is CCOC(=O)COc1c(Br)cc(/C=C(/C#N)C(=O)Nc2ccccc2C)cc1Br. The molecule has 0 aliphatic heterocycles. The van der Waals surface area contributed by atoms with Gasteiger partial charge in [-0.2, -0.15) is 5.26 Å². The van der Waals surface area contributed by atoms with Gasteiger partial charge in [-0.1, -0.05) is 18.2 Å². The van der Waals surface area contributed by atoms with Gasteiger partial charge in [0, 0.05) is 5.69 Å². The molecule has 0 radical (unpaired) electrons. The predicted octanol–water partition coefficient (Wildman–Crippen LogP) is 5.01. The second kappa shape index (κ2) is 10.8. The molecule has 1 N–H and O–H groups in total. The monoisotopic (exact) mass is 520 g/mol. The standard InChI is InChI=1S/C21H18Br2N2O4/c1-3-28-19(26)12-29-20-16(22)9-14(10-17(20)23)8-15(11-24)21(27)25-18-7-5-4-6-13(18)2/h4-10H,3,12H2,1-2H3,(H,25,27)/b15-8-. The lowest BCUT2D eigenvalue weighted by atomic mass is 10.1. The highest BCUT2D eigenvalue weighted by Gasteiger charge is 2.14. The molecule has 150 valence electrons. The van der Waals surface area contributed by atoms with Crippen molar-refractivity contribution in [2.75, 3.05) is 18.5 Å². The Hall–Kier alpha value is -2.63. The number of carbonyl (C=O) groups excluding carboxylic acids is 2. The number of rotatable bonds is 7. The number of amides is 1. The zero-order valence-corrected chi connectivity index (χ0v) is 19.0. The maximum absolute atomic E-state index is 12.5. The first-order chi connectivity index (χ1) is 13.8. The summed E-state index contributed by atoms with van der Waals surface area (Å²) in [6, 6.07) is 12.6. The van der Waals surface area contributed by atoms with Gasteiger partial charge < -0.3 is 14.8 Å². The molecule has 0 saturated heterocycles. The summed E-state index contributed by atoms with van der Waals surface area (Å²) >= 11 is 6.76. The van der Waals surface area contributed by atoms with E-state index in [1.54, 1.807) is 25.1 Å². The number of nitrogens with zero attached hydrogens (tertiary/aromatic N) is 1. The van der Waals surface area contributed by atoms with Gasteiger partial charge in [-0.25, -0.2) is 4.79 Å². The van der Waals surface area contributed by atoms with Crippen molar-refractivity contribution < 1.29 is 19.1 Å². The number of para-hydroxylation sites is 1. The molecule has 0 spiro atoms. The number of carbonyl (C=O) groups is 2. The molecule has 0 aliphatic carbocycles. The van der Waals surface area contributed by atoms with Crippen LogP contribution in [0.25, 0.3) is 6.08 Å². The van der Waals surface area contributed by atoms with E-state index >= 15 is 0 Å². The third-order valence-electron chi connectivity index (χ3n) is 3.73. The maximum atomic E-state index is 12.5. The first kappa shape index (κ1) is 22.7. The minimum Gasteiger partial charge on any atom is -0.480 e. The third kappa shape index (κ3) is 6.44. The number of esters is 1. The molecule has 8 heteroatoms. The zero-order valence-electron chi connectivity index (χ0n) is 15.8. The van der Waals surface area contributed by atoms with Gasteiger partial charge in [-0.15, -0.1) is 0 Å². The van der Waals surface area contributed by atoms with Gasteiger partial charge in [-0.05, 0) is 81.1 Å². The van der Waals surface area contributed by atoms with E-state index < -0.39 is 11.9 Å². The molecule has 2 aromatic rings. The average molecular weight is 522 g/mol. The van der Waals surface area contributed by atoms with Crippen LogP contribution in [0, 0.1) is 18.3 Å². The van der Waals surface area contributed by atoms with Crippen LogP contribution in [0.3, 0.4) is 0 Å². The summed E-state index contributed by atoms with van der Waals surface area (Å²) in [5.41, 5.74) is 2.09. The molecule has 0 bridgehead atoms. The minimum atomic E-state index is -0.503. The summed E-state index contributed by atoms with van der Waals surface area (Å²) in [5.74, 6) is -0.565. The highest BCUT2D eigenvalue weighted by molar-refractivity contribution is 9.11. The van der Waals surface area contributed by atoms with Crippen molar-refractivity contribution in [1.29, 1.82) is 5.26 Å². The smallest absolute Gasteiger partial charge is 0.344 e. The van der Waals surface area contributed by atoms with E-state index in [2.05, 4.69) is 37.2 Å².